The van der Waals surface area contributed by atoms with E-state index in [9.17, 15) is 0 Å². The Balaban J connectivity index is 2.17. The standard InChI is InChI=1S/C12H19N3O/c1-3-5-11(16-4-2)12-14-7-9-6-13-8-10(9)15-12/h7,11,13H,3-6,8H2,1-2H3. The van der Waals surface area contributed by atoms with Gasteiger partial charge in [-0.3, -0.25) is 0 Å². The maximum absolute atomic E-state index is 5.68. The van der Waals surface area contributed by atoms with Crippen molar-refractivity contribution in [2.24, 2.45) is 0 Å². The van der Waals surface area contributed by atoms with E-state index in [4.69, 9.17) is 4.74 Å². The van der Waals surface area contributed by atoms with Crippen molar-refractivity contribution >= 4 is 0 Å². The first kappa shape index (κ1) is 11.5. The van der Waals surface area contributed by atoms with Crippen molar-refractivity contribution in [1.82, 2.24) is 15.3 Å². The molecule has 0 bridgehead atoms. The van der Waals surface area contributed by atoms with Crippen LogP contribution in [0.1, 0.15) is 49.9 Å². The lowest BCUT2D eigenvalue weighted by molar-refractivity contribution is 0.0492. The third-order valence-corrected chi connectivity index (χ3v) is 2.79. The summed E-state index contributed by atoms with van der Waals surface area (Å²) < 4.78 is 5.68. The molecule has 1 atom stereocenters. The van der Waals surface area contributed by atoms with Gasteiger partial charge in [0.25, 0.3) is 0 Å². The van der Waals surface area contributed by atoms with Gasteiger partial charge in [0, 0.05) is 31.5 Å². The summed E-state index contributed by atoms with van der Waals surface area (Å²) in [6, 6.07) is 0. The van der Waals surface area contributed by atoms with Gasteiger partial charge < -0.3 is 10.1 Å². The molecule has 0 saturated carbocycles. The van der Waals surface area contributed by atoms with Crippen LogP contribution in [0.3, 0.4) is 0 Å². The van der Waals surface area contributed by atoms with Crippen molar-refractivity contribution in [3.05, 3.63) is 23.3 Å². The van der Waals surface area contributed by atoms with Crippen molar-refractivity contribution in [3.8, 4) is 0 Å². The van der Waals surface area contributed by atoms with E-state index in [0.29, 0.717) is 6.61 Å². The van der Waals surface area contributed by atoms with Gasteiger partial charge in [-0.25, -0.2) is 9.97 Å². The first-order valence-electron chi connectivity index (χ1n) is 6.02. The first-order valence-corrected chi connectivity index (χ1v) is 6.02. The Kier molecular flexibility index (Phi) is 3.85. The van der Waals surface area contributed by atoms with Gasteiger partial charge in [-0.15, -0.1) is 0 Å². The minimum atomic E-state index is 0.0564. The maximum Gasteiger partial charge on any atom is 0.157 e. The average Bonchev–Trinajstić information content (AvgIpc) is 2.75. The number of hydrogen-bond donors (Lipinski definition) is 1. The zero-order valence-corrected chi connectivity index (χ0v) is 9.99. The summed E-state index contributed by atoms with van der Waals surface area (Å²) >= 11 is 0. The largest absolute Gasteiger partial charge is 0.371 e. The van der Waals surface area contributed by atoms with Gasteiger partial charge in [-0.05, 0) is 13.3 Å². The molecule has 1 aromatic rings. The Labute approximate surface area is 96.4 Å². The fraction of sp³-hybridized carbons (Fsp3) is 0.667. The highest BCUT2D eigenvalue weighted by Crippen LogP contribution is 2.21. The Morgan fingerprint density at radius 3 is 3.06 bits per heavy atom. The molecule has 4 nitrogen and oxygen atoms in total. The highest BCUT2D eigenvalue weighted by atomic mass is 16.5. The molecule has 88 valence electrons. The molecule has 16 heavy (non-hydrogen) atoms. The van der Waals surface area contributed by atoms with E-state index in [1.807, 2.05) is 13.1 Å². The topological polar surface area (TPSA) is 47.0 Å². The van der Waals surface area contributed by atoms with Crippen molar-refractivity contribution in [2.45, 2.75) is 45.9 Å². The number of nitrogens with one attached hydrogen (secondary N) is 1. The molecule has 0 spiro atoms. The number of fused-ring (bicyclic) bond motifs is 1. The molecular weight excluding hydrogens is 202 g/mol. The zero-order valence-electron chi connectivity index (χ0n) is 9.99. The van der Waals surface area contributed by atoms with Gasteiger partial charge in [0.05, 0.1) is 5.69 Å². The Morgan fingerprint density at radius 1 is 1.44 bits per heavy atom. The molecule has 0 saturated heterocycles. The van der Waals surface area contributed by atoms with Crippen LogP contribution in [-0.4, -0.2) is 16.6 Å². The van der Waals surface area contributed by atoms with Crippen LogP contribution in [0.5, 0.6) is 0 Å². The van der Waals surface area contributed by atoms with Gasteiger partial charge >= 0.3 is 0 Å². The van der Waals surface area contributed by atoms with Crippen molar-refractivity contribution in [2.75, 3.05) is 6.61 Å². The molecule has 1 aromatic heterocycles. The Bertz CT molecular complexity index is 348. The van der Waals surface area contributed by atoms with E-state index in [0.717, 1.165) is 37.4 Å². The third-order valence-electron chi connectivity index (χ3n) is 2.79. The summed E-state index contributed by atoms with van der Waals surface area (Å²) in [6.07, 6.45) is 4.06. The highest BCUT2D eigenvalue weighted by molar-refractivity contribution is 5.21. The van der Waals surface area contributed by atoms with E-state index in [2.05, 4.69) is 22.2 Å². The molecule has 0 fully saturated rings. The molecule has 1 aliphatic rings. The molecule has 0 aromatic carbocycles. The lowest BCUT2D eigenvalue weighted by Crippen LogP contribution is -2.10. The van der Waals surface area contributed by atoms with E-state index >= 15 is 0 Å². The average molecular weight is 221 g/mol. The van der Waals surface area contributed by atoms with Gasteiger partial charge in [0.15, 0.2) is 5.82 Å². The predicted molar refractivity (Wildman–Crippen MR) is 61.9 cm³/mol. The van der Waals surface area contributed by atoms with Gasteiger partial charge in [-0.1, -0.05) is 13.3 Å². The lowest BCUT2D eigenvalue weighted by Gasteiger charge is -2.15. The zero-order chi connectivity index (χ0) is 11.4. The summed E-state index contributed by atoms with van der Waals surface area (Å²) in [5.41, 5.74) is 2.35. The van der Waals surface area contributed by atoms with Crippen LogP contribution in [0.2, 0.25) is 0 Å². The summed E-state index contributed by atoms with van der Waals surface area (Å²) in [5, 5.41) is 3.27. The van der Waals surface area contributed by atoms with Crippen LogP contribution in [0.15, 0.2) is 6.20 Å². The smallest absolute Gasteiger partial charge is 0.157 e. The quantitative estimate of drug-likeness (QED) is 0.825. The van der Waals surface area contributed by atoms with Crippen LogP contribution in [0, 0.1) is 0 Å². The number of hydrogen-bond acceptors (Lipinski definition) is 4. The van der Waals surface area contributed by atoms with E-state index in [1.54, 1.807) is 0 Å². The van der Waals surface area contributed by atoms with Gasteiger partial charge in [0.1, 0.15) is 6.10 Å². The van der Waals surface area contributed by atoms with Crippen LogP contribution >= 0.6 is 0 Å². The fourth-order valence-electron chi connectivity index (χ4n) is 1.98. The second kappa shape index (κ2) is 5.37. The van der Waals surface area contributed by atoms with Crippen molar-refractivity contribution in [1.29, 1.82) is 0 Å². The monoisotopic (exact) mass is 221 g/mol. The van der Waals surface area contributed by atoms with E-state index in [1.165, 1.54) is 5.56 Å². The molecule has 1 unspecified atom stereocenters. The van der Waals surface area contributed by atoms with Crippen LogP contribution < -0.4 is 5.32 Å². The molecule has 0 amide bonds. The molecule has 1 aliphatic heterocycles. The number of ether oxygens (including phenoxy) is 1. The summed E-state index contributed by atoms with van der Waals surface area (Å²) in [7, 11) is 0. The van der Waals surface area contributed by atoms with E-state index < -0.39 is 0 Å². The van der Waals surface area contributed by atoms with Crippen LogP contribution in [0.25, 0.3) is 0 Å². The maximum atomic E-state index is 5.68. The Hall–Kier alpha value is -1.00. The molecule has 0 aliphatic carbocycles. The van der Waals surface area contributed by atoms with Gasteiger partial charge in [0.2, 0.25) is 0 Å². The summed E-state index contributed by atoms with van der Waals surface area (Å²) in [4.78, 5) is 9.00. The summed E-state index contributed by atoms with van der Waals surface area (Å²) in [5.74, 6) is 0.839. The highest BCUT2D eigenvalue weighted by Gasteiger charge is 2.18. The number of aromatic nitrogens is 2. The molecule has 0 radical (unpaired) electrons. The molecule has 2 rings (SSSR count). The minimum absolute atomic E-state index is 0.0564. The second-order valence-corrected chi connectivity index (χ2v) is 4.04. The normalized spacial score (nSPS) is 16.1. The lowest BCUT2D eigenvalue weighted by atomic mass is 10.2. The molecule has 2 heterocycles. The SMILES string of the molecule is CCCC(OCC)c1ncc2c(n1)CNC2. The molecule has 4 heteroatoms. The first-order chi connectivity index (χ1) is 7.85. The Morgan fingerprint density at radius 2 is 2.31 bits per heavy atom. The third kappa shape index (κ3) is 2.39. The second-order valence-electron chi connectivity index (χ2n) is 4.04. The number of nitrogens with zero attached hydrogens (tertiary/aromatic N) is 2. The van der Waals surface area contributed by atoms with E-state index in [-0.39, 0.29) is 6.10 Å². The number of rotatable bonds is 5. The van der Waals surface area contributed by atoms with Crippen LogP contribution in [0.4, 0.5) is 0 Å². The van der Waals surface area contributed by atoms with Crippen molar-refractivity contribution in [3.63, 3.8) is 0 Å². The molecule has 1 N–H and O–H groups in total. The van der Waals surface area contributed by atoms with Crippen molar-refractivity contribution < 1.29 is 4.74 Å². The van der Waals surface area contributed by atoms with Gasteiger partial charge in [-0.2, -0.15) is 0 Å². The van der Waals surface area contributed by atoms with Crippen LogP contribution in [-0.2, 0) is 17.8 Å². The fourth-order valence-corrected chi connectivity index (χ4v) is 1.98. The predicted octanol–water partition coefficient (Wildman–Crippen LogP) is 1.96. The summed E-state index contributed by atoms with van der Waals surface area (Å²) in [6.45, 7) is 6.63. The molecular formula is C12H19N3O. The minimum Gasteiger partial charge on any atom is -0.371 e.